The minimum atomic E-state index is -0.918. The zero-order valence-electron chi connectivity index (χ0n) is 10.3. The number of aromatic nitrogens is 1. The second-order valence-corrected chi connectivity index (χ2v) is 5.67. The first-order valence-electron chi connectivity index (χ1n) is 6.21. The fourth-order valence-electron chi connectivity index (χ4n) is 2.33. The number of aromatic carboxylic acids is 1. The molecule has 96 valence electrons. The first-order chi connectivity index (χ1) is 9.22. The van der Waals surface area contributed by atoms with Crippen molar-refractivity contribution in [3.05, 3.63) is 53.2 Å². The molecule has 1 aliphatic carbocycles. The van der Waals surface area contributed by atoms with Crippen molar-refractivity contribution in [2.75, 3.05) is 0 Å². The van der Waals surface area contributed by atoms with E-state index in [1.165, 1.54) is 41.8 Å². The fourth-order valence-corrected chi connectivity index (χ4v) is 3.21. The Bertz CT molecular complexity index is 640. The van der Waals surface area contributed by atoms with Gasteiger partial charge in [0.1, 0.15) is 5.03 Å². The third-order valence-corrected chi connectivity index (χ3v) is 4.20. The lowest BCUT2D eigenvalue weighted by Gasteiger charge is -2.05. The highest BCUT2D eigenvalue weighted by atomic mass is 32.2. The van der Waals surface area contributed by atoms with Crippen molar-refractivity contribution in [1.82, 2.24) is 4.98 Å². The predicted molar refractivity (Wildman–Crippen MR) is 73.8 cm³/mol. The quantitative estimate of drug-likeness (QED) is 0.929. The SMILES string of the molecule is O=C(O)c1ccnc(Sc2ccc3c(c2)CCC3)c1. The van der Waals surface area contributed by atoms with E-state index in [0.29, 0.717) is 0 Å². The summed E-state index contributed by atoms with van der Waals surface area (Å²) in [4.78, 5) is 16.3. The van der Waals surface area contributed by atoms with Crippen molar-refractivity contribution in [1.29, 1.82) is 0 Å². The number of hydrogen-bond donors (Lipinski definition) is 1. The molecule has 1 heterocycles. The maximum Gasteiger partial charge on any atom is 0.335 e. The third kappa shape index (κ3) is 2.63. The number of nitrogens with zero attached hydrogens (tertiary/aromatic N) is 1. The largest absolute Gasteiger partial charge is 0.478 e. The topological polar surface area (TPSA) is 50.2 Å². The molecule has 1 aliphatic rings. The van der Waals surface area contributed by atoms with Crippen LogP contribution in [-0.2, 0) is 12.8 Å². The highest BCUT2D eigenvalue weighted by Crippen LogP contribution is 2.31. The Morgan fingerprint density at radius 3 is 2.84 bits per heavy atom. The summed E-state index contributed by atoms with van der Waals surface area (Å²) in [6, 6.07) is 9.58. The van der Waals surface area contributed by atoms with Gasteiger partial charge in [-0.25, -0.2) is 9.78 Å². The molecule has 0 atom stereocenters. The van der Waals surface area contributed by atoms with Gasteiger partial charge in [0.25, 0.3) is 0 Å². The molecule has 1 aromatic carbocycles. The summed E-state index contributed by atoms with van der Waals surface area (Å²) in [5, 5.41) is 9.69. The summed E-state index contributed by atoms with van der Waals surface area (Å²) in [6.07, 6.45) is 5.09. The van der Waals surface area contributed by atoms with E-state index in [2.05, 4.69) is 23.2 Å². The zero-order valence-corrected chi connectivity index (χ0v) is 11.1. The van der Waals surface area contributed by atoms with Gasteiger partial charge in [-0.1, -0.05) is 17.8 Å². The van der Waals surface area contributed by atoms with Crippen molar-refractivity contribution >= 4 is 17.7 Å². The molecule has 0 saturated carbocycles. The molecule has 1 N–H and O–H groups in total. The third-order valence-electron chi connectivity index (χ3n) is 3.27. The Labute approximate surface area is 115 Å². The van der Waals surface area contributed by atoms with E-state index >= 15 is 0 Å². The van der Waals surface area contributed by atoms with Crippen LogP contribution < -0.4 is 0 Å². The molecule has 19 heavy (non-hydrogen) atoms. The summed E-state index contributed by atoms with van der Waals surface area (Å²) < 4.78 is 0. The molecule has 0 fully saturated rings. The van der Waals surface area contributed by atoms with Crippen LogP contribution >= 0.6 is 11.8 Å². The molecular weight excluding hydrogens is 258 g/mol. The van der Waals surface area contributed by atoms with Crippen LogP contribution in [0.3, 0.4) is 0 Å². The van der Waals surface area contributed by atoms with E-state index in [1.807, 2.05) is 0 Å². The molecule has 0 unspecified atom stereocenters. The average Bonchev–Trinajstić information content (AvgIpc) is 2.86. The smallest absolute Gasteiger partial charge is 0.335 e. The van der Waals surface area contributed by atoms with E-state index < -0.39 is 5.97 Å². The summed E-state index contributed by atoms with van der Waals surface area (Å²) in [6.45, 7) is 0. The molecule has 4 heteroatoms. The number of carboxylic acids is 1. The Balaban J connectivity index is 1.85. The molecule has 0 spiro atoms. The molecular formula is C15H13NO2S. The van der Waals surface area contributed by atoms with Crippen LogP contribution in [0, 0.1) is 0 Å². The molecule has 0 radical (unpaired) electrons. The van der Waals surface area contributed by atoms with Gasteiger partial charge in [0.2, 0.25) is 0 Å². The van der Waals surface area contributed by atoms with E-state index in [4.69, 9.17) is 5.11 Å². The lowest BCUT2D eigenvalue weighted by molar-refractivity contribution is 0.0696. The van der Waals surface area contributed by atoms with E-state index in [9.17, 15) is 4.79 Å². The molecule has 0 aliphatic heterocycles. The highest BCUT2D eigenvalue weighted by molar-refractivity contribution is 7.99. The Kier molecular flexibility index (Phi) is 3.25. The minimum Gasteiger partial charge on any atom is -0.478 e. The zero-order chi connectivity index (χ0) is 13.2. The highest BCUT2D eigenvalue weighted by Gasteiger charge is 2.12. The molecule has 0 bridgehead atoms. The number of fused-ring (bicyclic) bond motifs is 1. The molecule has 0 saturated heterocycles. The van der Waals surface area contributed by atoms with Crippen LogP contribution in [0.25, 0.3) is 0 Å². The Morgan fingerprint density at radius 1 is 1.16 bits per heavy atom. The molecule has 3 rings (SSSR count). The average molecular weight is 271 g/mol. The van der Waals surface area contributed by atoms with Crippen molar-refractivity contribution in [2.45, 2.75) is 29.2 Å². The van der Waals surface area contributed by atoms with Gasteiger partial charge >= 0.3 is 5.97 Å². The monoisotopic (exact) mass is 271 g/mol. The number of pyridine rings is 1. The van der Waals surface area contributed by atoms with Crippen LogP contribution in [0.4, 0.5) is 0 Å². The summed E-state index contributed by atoms with van der Waals surface area (Å²) in [7, 11) is 0. The van der Waals surface area contributed by atoms with Crippen molar-refractivity contribution in [2.24, 2.45) is 0 Å². The number of benzene rings is 1. The molecule has 3 nitrogen and oxygen atoms in total. The van der Waals surface area contributed by atoms with Crippen molar-refractivity contribution < 1.29 is 9.90 Å². The second-order valence-electron chi connectivity index (χ2n) is 4.57. The number of carboxylic acid groups (broad SMARTS) is 1. The standard InChI is InChI=1S/C15H13NO2S/c17-15(18)12-6-7-16-14(9-12)19-13-5-4-10-2-1-3-11(10)8-13/h4-9H,1-3H2,(H,17,18). The summed E-state index contributed by atoms with van der Waals surface area (Å²) >= 11 is 1.51. The summed E-state index contributed by atoms with van der Waals surface area (Å²) in [5.74, 6) is -0.918. The van der Waals surface area contributed by atoms with E-state index in [-0.39, 0.29) is 5.56 Å². The van der Waals surface area contributed by atoms with Crippen molar-refractivity contribution in [3.8, 4) is 0 Å². The van der Waals surface area contributed by atoms with E-state index in [0.717, 1.165) is 16.3 Å². The van der Waals surface area contributed by atoms with Gasteiger partial charge in [0.05, 0.1) is 5.56 Å². The number of hydrogen-bond acceptors (Lipinski definition) is 3. The second kappa shape index (κ2) is 5.05. The predicted octanol–water partition coefficient (Wildman–Crippen LogP) is 3.42. The lowest BCUT2D eigenvalue weighted by atomic mass is 10.1. The van der Waals surface area contributed by atoms with Crippen LogP contribution in [0.1, 0.15) is 27.9 Å². The van der Waals surface area contributed by atoms with Gasteiger partial charge in [-0.05, 0) is 54.7 Å². The van der Waals surface area contributed by atoms with Gasteiger partial charge in [0, 0.05) is 11.1 Å². The first kappa shape index (κ1) is 12.2. The number of carbonyl (C=O) groups is 1. The van der Waals surface area contributed by atoms with Crippen LogP contribution in [0.15, 0.2) is 46.5 Å². The lowest BCUT2D eigenvalue weighted by Crippen LogP contribution is -1.96. The fraction of sp³-hybridized carbons (Fsp3) is 0.200. The van der Waals surface area contributed by atoms with Gasteiger partial charge in [-0.3, -0.25) is 0 Å². The van der Waals surface area contributed by atoms with Gasteiger partial charge < -0.3 is 5.11 Å². The van der Waals surface area contributed by atoms with E-state index in [1.54, 1.807) is 12.3 Å². The van der Waals surface area contributed by atoms with Crippen LogP contribution in [0.2, 0.25) is 0 Å². The van der Waals surface area contributed by atoms with Gasteiger partial charge in [-0.15, -0.1) is 0 Å². The maximum absolute atomic E-state index is 10.9. The Hall–Kier alpha value is -1.81. The number of rotatable bonds is 3. The van der Waals surface area contributed by atoms with Crippen LogP contribution in [-0.4, -0.2) is 16.1 Å². The Morgan fingerprint density at radius 2 is 2.00 bits per heavy atom. The maximum atomic E-state index is 10.9. The molecule has 0 amide bonds. The van der Waals surface area contributed by atoms with Gasteiger partial charge in [-0.2, -0.15) is 0 Å². The van der Waals surface area contributed by atoms with Crippen LogP contribution in [0.5, 0.6) is 0 Å². The molecule has 1 aromatic heterocycles. The van der Waals surface area contributed by atoms with Gasteiger partial charge in [0.15, 0.2) is 0 Å². The first-order valence-corrected chi connectivity index (χ1v) is 7.03. The molecule has 2 aromatic rings. The number of aryl methyl sites for hydroxylation is 2. The summed E-state index contributed by atoms with van der Waals surface area (Å²) in [5.41, 5.74) is 3.13. The van der Waals surface area contributed by atoms with Crippen molar-refractivity contribution in [3.63, 3.8) is 0 Å². The normalized spacial score (nSPS) is 13.3. The minimum absolute atomic E-state index is 0.277.